The van der Waals surface area contributed by atoms with Gasteiger partial charge in [-0.2, -0.15) is 0 Å². The van der Waals surface area contributed by atoms with Crippen LogP contribution in [0.2, 0.25) is 0 Å². The van der Waals surface area contributed by atoms with Gasteiger partial charge in [0.1, 0.15) is 5.75 Å². The fraction of sp³-hybridized carbons (Fsp3) is 0.0588. The molecule has 3 N–H and O–H groups in total. The smallest absolute Gasteiger partial charge is 0.323 e. The van der Waals surface area contributed by atoms with Crippen molar-refractivity contribution in [1.29, 1.82) is 0 Å². The minimum atomic E-state index is -0.278. The van der Waals surface area contributed by atoms with E-state index in [1.165, 1.54) is 6.08 Å². The van der Waals surface area contributed by atoms with Crippen molar-refractivity contribution in [1.82, 2.24) is 9.97 Å². The van der Waals surface area contributed by atoms with Gasteiger partial charge in [0.05, 0.1) is 18.1 Å². The number of carbonyl (C=O) groups is 1. The molecule has 0 saturated carbocycles. The molecule has 6 heteroatoms. The summed E-state index contributed by atoms with van der Waals surface area (Å²) in [6.07, 6.45) is 3.12. The lowest BCUT2D eigenvalue weighted by molar-refractivity contribution is -0.111. The first-order valence-electron chi connectivity index (χ1n) is 7.00. The van der Waals surface area contributed by atoms with Crippen molar-refractivity contribution in [3.8, 4) is 5.75 Å². The number of H-pyrrole nitrogens is 2. The lowest BCUT2D eigenvalue weighted by atomic mass is 10.2. The third-order valence-corrected chi connectivity index (χ3v) is 3.34. The molecule has 116 valence electrons. The van der Waals surface area contributed by atoms with Gasteiger partial charge in [-0.1, -0.05) is 18.2 Å². The molecule has 0 aliphatic heterocycles. The second-order valence-corrected chi connectivity index (χ2v) is 4.90. The van der Waals surface area contributed by atoms with Crippen molar-refractivity contribution in [2.24, 2.45) is 0 Å². The van der Waals surface area contributed by atoms with Gasteiger partial charge in [-0.25, -0.2) is 4.79 Å². The molecule has 6 nitrogen and oxygen atoms in total. The van der Waals surface area contributed by atoms with Crippen molar-refractivity contribution in [2.45, 2.75) is 0 Å². The summed E-state index contributed by atoms with van der Waals surface area (Å²) in [5, 5.41) is 2.75. The quantitative estimate of drug-likeness (QED) is 0.647. The number of hydrogen-bond acceptors (Lipinski definition) is 3. The number of nitrogens with one attached hydrogen (secondary N) is 3. The number of anilines is 1. The van der Waals surface area contributed by atoms with Crippen molar-refractivity contribution < 1.29 is 9.53 Å². The molecule has 1 heterocycles. The highest BCUT2D eigenvalue weighted by Crippen LogP contribution is 2.19. The summed E-state index contributed by atoms with van der Waals surface area (Å²) < 4.78 is 5.23. The van der Waals surface area contributed by atoms with Crippen LogP contribution in [0, 0.1) is 0 Å². The molecule has 0 fully saturated rings. The summed E-state index contributed by atoms with van der Waals surface area (Å²) in [7, 11) is 1.58. The van der Waals surface area contributed by atoms with Gasteiger partial charge >= 0.3 is 5.69 Å². The third kappa shape index (κ3) is 3.32. The van der Waals surface area contributed by atoms with E-state index in [1.807, 2.05) is 24.3 Å². The third-order valence-electron chi connectivity index (χ3n) is 3.34. The molecule has 0 aliphatic rings. The molecule has 0 aliphatic carbocycles. The van der Waals surface area contributed by atoms with E-state index in [1.54, 1.807) is 31.4 Å². The van der Waals surface area contributed by atoms with E-state index in [0.29, 0.717) is 22.5 Å². The van der Waals surface area contributed by atoms with E-state index in [2.05, 4.69) is 15.3 Å². The number of methoxy groups -OCH3 is 1. The number of rotatable bonds is 4. The molecule has 0 spiro atoms. The molecule has 0 unspecified atom stereocenters. The van der Waals surface area contributed by atoms with Crippen LogP contribution in [0.15, 0.2) is 53.3 Å². The van der Waals surface area contributed by atoms with E-state index in [0.717, 1.165) is 5.56 Å². The van der Waals surface area contributed by atoms with Crippen LogP contribution in [0.1, 0.15) is 5.56 Å². The topological polar surface area (TPSA) is 87.0 Å². The molecule has 23 heavy (non-hydrogen) atoms. The summed E-state index contributed by atoms with van der Waals surface area (Å²) in [5.74, 6) is 0.427. The minimum absolute atomic E-state index is 0.270. The number of carbonyl (C=O) groups excluding carboxylic acids is 1. The number of para-hydroxylation sites is 1. The summed E-state index contributed by atoms with van der Waals surface area (Å²) in [4.78, 5) is 28.5. The van der Waals surface area contributed by atoms with Gasteiger partial charge in [-0.05, 0) is 30.3 Å². The first-order chi connectivity index (χ1) is 11.2. The van der Waals surface area contributed by atoms with Crippen LogP contribution in [0.25, 0.3) is 17.1 Å². The molecule has 1 amide bonds. The summed E-state index contributed by atoms with van der Waals surface area (Å²) in [5.41, 5.74) is 2.47. The highest BCUT2D eigenvalue weighted by molar-refractivity contribution is 6.02. The van der Waals surface area contributed by atoms with E-state index in [-0.39, 0.29) is 11.6 Å². The van der Waals surface area contributed by atoms with Crippen molar-refractivity contribution in [3.05, 3.63) is 64.6 Å². The average molecular weight is 309 g/mol. The Balaban J connectivity index is 1.75. The Kier molecular flexibility index (Phi) is 3.97. The number of benzene rings is 2. The number of imidazole rings is 1. The van der Waals surface area contributed by atoms with Crippen LogP contribution in [0.3, 0.4) is 0 Å². The zero-order valence-corrected chi connectivity index (χ0v) is 12.4. The molecule has 1 aromatic heterocycles. The van der Waals surface area contributed by atoms with E-state index in [9.17, 15) is 9.59 Å². The number of aromatic nitrogens is 2. The van der Waals surface area contributed by atoms with Gasteiger partial charge in [-0.3, -0.25) is 4.79 Å². The van der Waals surface area contributed by atoms with Crippen LogP contribution < -0.4 is 15.7 Å². The van der Waals surface area contributed by atoms with Crippen molar-refractivity contribution in [3.63, 3.8) is 0 Å². The Morgan fingerprint density at radius 3 is 2.74 bits per heavy atom. The second-order valence-electron chi connectivity index (χ2n) is 4.90. The lowest BCUT2D eigenvalue weighted by Crippen LogP contribution is -2.07. The van der Waals surface area contributed by atoms with Crippen LogP contribution in [-0.2, 0) is 4.79 Å². The Hall–Kier alpha value is -3.28. The Morgan fingerprint density at radius 2 is 1.91 bits per heavy atom. The summed E-state index contributed by atoms with van der Waals surface area (Å²) in [6, 6.07) is 12.6. The monoisotopic (exact) mass is 309 g/mol. The van der Waals surface area contributed by atoms with Crippen LogP contribution in [0.4, 0.5) is 5.69 Å². The van der Waals surface area contributed by atoms with Gasteiger partial charge < -0.3 is 20.0 Å². The number of fused-ring (bicyclic) bond motifs is 1. The van der Waals surface area contributed by atoms with Crippen LogP contribution in [-0.4, -0.2) is 23.0 Å². The van der Waals surface area contributed by atoms with Crippen LogP contribution >= 0.6 is 0 Å². The first-order valence-corrected chi connectivity index (χ1v) is 7.00. The maximum Gasteiger partial charge on any atom is 0.323 e. The Morgan fingerprint density at radius 1 is 1.13 bits per heavy atom. The Labute approximate surface area is 131 Å². The zero-order valence-electron chi connectivity index (χ0n) is 12.4. The number of hydrogen-bond donors (Lipinski definition) is 3. The first kappa shape index (κ1) is 14.6. The summed E-state index contributed by atoms with van der Waals surface area (Å²) in [6.45, 7) is 0. The molecule has 0 radical (unpaired) electrons. The van der Waals surface area contributed by atoms with E-state index >= 15 is 0 Å². The van der Waals surface area contributed by atoms with Crippen molar-refractivity contribution in [2.75, 3.05) is 12.4 Å². The maximum absolute atomic E-state index is 12.0. The van der Waals surface area contributed by atoms with Crippen LogP contribution in [0.5, 0.6) is 5.75 Å². The van der Waals surface area contributed by atoms with Crippen molar-refractivity contribution >= 4 is 28.7 Å². The molecular weight excluding hydrogens is 294 g/mol. The van der Waals surface area contributed by atoms with Gasteiger partial charge in [0.25, 0.3) is 0 Å². The summed E-state index contributed by atoms with van der Waals surface area (Å²) >= 11 is 0. The Bertz CT molecular complexity index is 937. The SMILES string of the molecule is COc1ccccc1C=CC(=O)Nc1ccc2[nH]c(=O)[nH]c2c1. The maximum atomic E-state index is 12.0. The highest BCUT2D eigenvalue weighted by Gasteiger charge is 2.03. The molecule has 0 saturated heterocycles. The standard InChI is InChI=1S/C17H15N3O3/c1-23-15-5-3-2-4-11(15)6-9-16(21)18-12-7-8-13-14(10-12)20-17(22)19-13/h2-10H,1H3,(H,18,21)(H2,19,20,22). The highest BCUT2D eigenvalue weighted by atomic mass is 16.5. The molecule has 2 aromatic carbocycles. The molecule has 0 atom stereocenters. The molecule has 3 aromatic rings. The number of amides is 1. The largest absolute Gasteiger partial charge is 0.496 e. The van der Waals surface area contributed by atoms with Gasteiger partial charge in [0, 0.05) is 17.3 Å². The second kappa shape index (κ2) is 6.23. The minimum Gasteiger partial charge on any atom is -0.496 e. The molecular formula is C17H15N3O3. The number of ether oxygens (including phenoxy) is 1. The molecule has 0 bridgehead atoms. The predicted octanol–water partition coefficient (Wildman–Crippen LogP) is 2.52. The van der Waals surface area contributed by atoms with E-state index < -0.39 is 0 Å². The molecule has 3 rings (SSSR count). The van der Waals surface area contributed by atoms with Gasteiger partial charge in [-0.15, -0.1) is 0 Å². The van der Waals surface area contributed by atoms with E-state index in [4.69, 9.17) is 4.74 Å². The average Bonchev–Trinajstić information content (AvgIpc) is 2.92. The van der Waals surface area contributed by atoms with Gasteiger partial charge in [0.15, 0.2) is 0 Å². The van der Waals surface area contributed by atoms with Gasteiger partial charge in [0.2, 0.25) is 5.91 Å². The number of aromatic amines is 2. The predicted molar refractivity (Wildman–Crippen MR) is 89.6 cm³/mol. The zero-order chi connectivity index (χ0) is 16.2. The fourth-order valence-electron chi connectivity index (χ4n) is 2.26. The lowest BCUT2D eigenvalue weighted by Gasteiger charge is -2.04. The fourth-order valence-corrected chi connectivity index (χ4v) is 2.26. The normalized spacial score (nSPS) is 11.0.